The van der Waals surface area contributed by atoms with Crippen molar-refractivity contribution in [2.24, 2.45) is 0 Å². The Morgan fingerprint density at radius 2 is 1.85 bits per heavy atom. The van der Waals surface area contributed by atoms with E-state index in [2.05, 4.69) is 9.71 Å². The van der Waals surface area contributed by atoms with Crippen LogP contribution in [0.15, 0.2) is 65.7 Å². The molecule has 0 unspecified atom stereocenters. The molecule has 3 rings (SSSR count). The van der Waals surface area contributed by atoms with E-state index in [0.717, 1.165) is 11.6 Å². The van der Waals surface area contributed by atoms with Gasteiger partial charge in [-0.15, -0.1) is 0 Å². The van der Waals surface area contributed by atoms with Gasteiger partial charge in [-0.05, 0) is 43.3 Å². The Bertz CT molecular complexity index is 1100. The van der Waals surface area contributed by atoms with Crippen molar-refractivity contribution in [1.82, 2.24) is 4.98 Å². The number of pyridine rings is 1. The molecule has 0 amide bonds. The molecule has 0 aliphatic heterocycles. The highest BCUT2D eigenvalue weighted by Crippen LogP contribution is 2.28. The highest BCUT2D eigenvalue weighted by atomic mass is 32.2. The van der Waals surface area contributed by atoms with E-state index in [4.69, 9.17) is 5.26 Å². The molecule has 0 bridgehead atoms. The summed E-state index contributed by atoms with van der Waals surface area (Å²) in [6.07, 6.45) is 1.48. The first-order valence-electron chi connectivity index (χ1n) is 7.65. The van der Waals surface area contributed by atoms with Crippen LogP contribution in [0, 0.1) is 24.1 Å². The van der Waals surface area contributed by atoms with E-state index in [1.807, 2.05) is 6.92 Å². The van der Waals surface area contributed by atoms with Crippen molar-refractivity contribution in [2.45, 2.75) is 11.8 Å². The summed E-state index contributed by atoms with van der Waals surface area (Å²) in [5.41, 5.74) is 1.71. The van der Waals surface area contributed by atoms with E-state index in [0.29, 0.717) is 5.56 Å². The average Bonchev–Trinajstić information content (AvgIpc) is 2.62. The fraction of sp³-hybridized carbons (Fsp3) is 0.0526. The standard InChI is InChI=1S/C19H14FN3O2S/c1-13-4-8-16(9-5-13)26(24,25)23-18-3-2-10-22-19(18)14-6-7-15(12-21)17(20)11-14/h2-11,23H,1H3. The molecule has 26 heavy (non-hydrogen) atoms. The summed E-state index contributed by atoms with van der Waals surface area (Å²) >= 11 is 0. The molecule has 1 heterocycles. The van der Waals surface area contributed by atoms with Crippen molar-refractivity contribution in [3.8, 4) is 17.3 Å². The van der Waals surface area contributed by atoms with Crippen molar-refractivity contribution in [3.05, 3.63) is 77.7 Å². The summed E-state index contributed by atoms with van der Waals surface area (Å²) in [6.45, 7) is 1.86. The second kappa shape index (κ2) is 6.94. The molecule has 2 aromatic carbocycles. The van der Waals surface area contributed by atoms with Crippen LogP contribution in [-0.4, -0.2) is 13.4 Å². The Labute approximate surface area is 150 Å². The van der Waals surface area contributed by atoms with E-state index >= 15 is 0 Å². The van der Waals surface area contributed by atoms with Crippen molar-refractivity contribution in [3.63, 3.8) is 0 Å². The minimum absolute atomic E-state index is 0.0912. The van der Waals surface area contributed by atoms with Crippen LogP contribution in [0.1, 0.15) is 11.1 Å². The minimum Gasteiger partial charge on any atom is -0.277 e. The van der Waals surface area contributed by atoms with Gasteiger partial charge in [-0.25, -0.2) is 12.8 Å². The van der Waals surface area contributed by atoms with Gasteiger partial charge in [-0.3, -0.25) is 9.71 Å². The number of nitrogens with zero attached hydrogens (tertiary/aromatic N) is 2. The normalized spacial score (nSPS) is 11.0. The van der Waals surface area contributed by atoms with Gasteiger partial charge in [0.15, 0.2) is 0 Å². The summed E-state index contributed by atoms with van der Waals surface area (Å²) in [6, 6.07) is 15.3. The second-order valence-electron chi connectivity index (χ2n) is 5.62. The van der Waals surface area contributed by atoms with Crippen molar-refractivity contribution in [2.75, 3.05) is 4.72 Å². The summed E-state index contributed by atoms with van der Waals surface area (Å²) in [5.74, 6) is -0.692. The first-order chi connectivity index (χ1) is 12.4. The fourth-order valence-corrected chi connectivity index (χ4v) is 3.46. The molecule has 0 aliphatic carbocycles. The highest BCUT2D eigenvalue weighted by Gasteiger charge is 2.17. The predicted octanol–water partition coefficient (Wildman–Crippen LogP) is 3.87. The molecular formula is C19H14FN3O2S. The van der Waals surface area contributed by atoms with E-state index in [1.54, 1.807) is 30.3 Å². The van der Waals surface area contributed by atoms with E-state index < -0.39 is 15.8 Å². The Hall–Kier alpha value is -3.24. The third-order valence-corrected chi connectivity index (χ3v) is 5.13. The maximum absolute atomic E-state index is 13.9. The van der Waals surface area contributed by atoms with Crippen LogP contribution in [0.4, 0.5) is 10.1 Å². The number of anilines is 1. The molecular weight excluding hydrogens is 353 g/mol. The zero-order chi connectivity index (χ0) is 18.7. The smallest absolute Gasteiger partial charge is 0.261 e. The number of aromatic nitrogens is 1. The molecule has 0 saturated carbocycles. The lowest BCUT2D eigenvalue weighted by Gasteiger charge is -2.12. The highest BCUT2D eigenvalue weighted by molar-refractivity contribution is 7.92. The molecule has 0 atom stereocenters. The van der Waals surface area contributed by atoms with Crippen molar-refractivity contribution < 1.29 is 12.8 Å². The van der Waals surface area contributed by atoms with Crippen molar-refractivity contribution in [1.29, 1.82) is 5.26 Å². The van der Waals surface area contributed by atoms with Gasteiger partial charge in [0.1, 0.15) is 11.9 Å². The molecule has 0 fully saturated rings. The zero-order valence-corrected chi connectivity index (χ0v) is 14.6. The van der Waals surface area contributed by atoms with Crippen LogP contribution in [0.3, 0.4) is 0 Å². The van der Waals surface area contributed by atoms with Gasteiger partial charge in [0.2, 0.25) is 0 Å². The number of aryl methyl sites for hydroxylation is 1. The van der Waals surface area contributed by atoms with Crippen LogP contribution in [0.25, 0.3) is 11.3 Å². The van der Waals surface area contributed by atoms with E-state index in [1.165, 1.54) is 30.5 Å². The van der Waals surface area contributed by atoms with Gasteiger partial charge in [-0.1, -0.05) is 23.8 Å². The molecule has 0 radical (unpaired) electrons. The molecule has 130 valence electrons. The zero-order valence-electron chi connectivity index (χ0n) is 13.8. The lowest BCUT2D eigenvalue weighted by Crippen LogP contribution is -2.14. The SMILES string of the molecule is Cc1ccc(S(=O)(=O)Nc2cccnc2-c2ccc(C#N)c(F)c2)cc1. The summed E-state index contributed by atoms with van der Waals surface area (Å²) < 4.78 is 41.6. The number of hydrogen-bond acceptors (Lipinski definition) is 4. The Morgan fingerprint density at radius 1 is 1.12 bits per heavy atom. The van der Waals surface area contributed by atoms with Crippen LogP contribution in [0.2, 0.25) is 0 Å². The molecule has 1 N–H and O–H groups in total. The first-order valence-corrected chi connectivity index (χ1v) is 9.13. The molecule has 0 spiro atoms. The monoisotopic (exact) mass is 367 g/mol. The van der Waals surface area contributed by atoms with Crippen LogP contribution in [0.5, 0.6) is 0 Å². The average molecular weight is 367 g/mol. The third-order valence-electron chi connectivity index (χ3n) is 3.75. The fourth-order valence-electron chi connectivity index (χ4n) is 2.39. The molecule has 7 heteroatoms. The Kier molecular flexibility index (Phi) is 4.69. The topological polar surface area (TPSA) is 82.8 Å². The summed E-state index contributed by atoms with van der Waals surface area (Å²) in [5, 5.41) is 8.84. The largest absolute Gasteiger partial charge is 0.277 e. The molecule has 1 aromatic heterocycles. The van der Waals surface area contributed by atoms with E-state index in [-0.39, 0.29) is 21.8 Å². The summed E-state index contributed by atoms with van der Waals surface area (Å²) in [4.78, 5) is 4.28. The van der Waals surface area contributed by atoms with Gasteiger partial charge in [-0.2, -0.15) is 5.26 Å². The maximum Gasteiger partial charge on any atom is 0.261 e. The molecule has 3 aromatic rings. The predicted molar refractivity (Wildman–Crippen MR) is 96.3 cm³/mol. The van der Waals surface area contributed by atoms with Gasteiger partial charge in [0.05, 0.1) is 21.8 Å². The quantitative estimate of drug-likeness (QED) is 0.759. The molecule has 0 saturated heterocycles. The number of nitriles is 1. The Morgan fingerprint density at radius 3 is 2.50 bits per heavy atom. The van der Waals surface area contributed by atoms with Crippen molar-refractivity contribution >= 4 is 15.7 Å². The van der Waals surface area contributed by atoms with Gasteiger partial charge < -0.3 is 0 Å². The lowest BCUT2D eigenvalue weighted by molar-refractivity contribution is 0.601. The maximum atomic E-state index is 13.9. The number of sulfonamides is 1. The van der Waals surface area contributed by atoms with Crippen LogP contribution in [-0.2, 0) is 10.0 Å². The summed E-state index contributed by atoms with van der Waals surface area (Å²) in [7, 11) is -3.82. The third kappa shape index (κ3) is 3.55. The second-order valence-corrected chi connectivity index (χ2v) is 7.31. The number of nitrogens with one attached hydrogen (secondary N) is 1. The van der Waals surface area contributed by atoms with Gasteiger partial charge in [0.25, 0.3) is 10.0 Å². The van der Waals surface area contributed by atoms with E-state index in [9.17, 15) is 12.8 Å². The van der Waals surface area contributed by atoms with Gasteiger partial charge >= 0.3 is 0 Å². The lowest BCUT2D eigenvalue weighted by atomic mass is 10.1. The number of benzene rings is 2. The van der Waals surface area contributed by atoms with Crippen LogP contribution < -0.4 is 4.72 Å². The molecule has 0 aliphatic rings. The Balaban J connectivity index is 2.01. The first kappa shape index (κ1) is 17.6. The van der Waals surface area contributed by atoms with Gasteiger partial charge in [0, 0.05) is 11.8 Å². The number of halogens is 1. The van der Waals surface area contributed by atoms with Crippen LogP contribution >= 0.6 is 0 Å². The number of rotatable bonds is 4. The molecule has 5 nitrogen and oxygen atoms in total. The minimum atomic E-state index is -3.82. The number of hydrogen-bond donors (Lipinski definition) is 1.